The Kier molecular flexibility index (Phi) is 37.1. The van der Waals surface area contributed by atoms with Gasteiger partial charge >= 0.3 is 0 Å². The van der Waals surface area contributed by atoms with Crippen LogP contribution in [0, 0.1) is 0 Å². The molecule has 0 aliphatic carbocycles. The number of ether oxygens (including phenoxy) is 12. The fourth-order valence-electron chi connectivity index (χ4n) is 2.71. The summed E-state index contributed by atoms with van der Waals surface area (Å²) in [6.07, 6.45) is 1.03. The van der Waals surface area contributed by atoms with Crippen LogP contribution < -0.4 is 0 Å². The second-order valence-corrected chi connectivity index (χ2v) is 7.93. The van der Waals surface area contributed by atoms with Crippen LogP contribution in [0.25, 0.3) is 0 Å². The summed E-state index contributed by atoms with van der Waals surface area (Å²) in [6, 6.07) is 0. The minimum atomic E-state index is 0.521. The van der Waals surface area contributed by atoms with Gasteiger partial charge in [0.1, 0.15) is 0 Å². The van der Waals surface area contributed by atoms with Gasteiger partial charge in [0.25, 0.3) is 0 Å². The average molecular weight is 573 g/mol. The molecule has 0 aromatic heterocycles. The molecule has 0 N–H and O–H groups in total. The second kappa shape index (κ2) is 37.5. The third kappa shape index (κ3) is 37.5. The first-order valence-corrected chi connectivity index (χ1v) is 14.3. The van der Waals surface area contributed by atoms with Gasteiger partial charge in [0.05, 0.1) is 145 Å². The first-order chi connectivity index (χ1) is 19.4. The molecule has 12 nitrogen and oxygen atoms in total. The summed E-state index contributed by atoms with van der Waals surface area (Å²) < 4.78 is 64.8. The van der Waals surface area contributed by atoms with Crippen LogP contribution in [0.4, 0.5) is 0 Å². The predicted octanol–water partition coefficient (Wildman–Crippen LogP) is 1.62. The quantitative estimate of drug-likeness (QED) is 0.102. The molecule has 0 rings (SSSR count). The van der Waals surface area contributed by atoms with Crippen LogP contribution in [-0.2, 0) is 56.8 Å². The fourth-order valence-corrected chi connectivity index (χ4v) is 2.71. The highest BCUT2D eigenvalue weighted by atomic mass is 16.6. The molecule has 0 saturated heterocycles. The van der Waals surface area contributed by atoms with Gasteiger partial charge in [-0.2, -0.15) is 0 Å². The molecule has 0 aliphatic rings. The van der Waals surface area contributed by atoms with Crippen molar-refractivity contribution < 1.29 is 56.8 Å². The first-order valence-electron chi connectivity index (χ1n) is 14.3. The van der Waals surface area contributed by atoms with E-state index in [1.807, 2.05) is 6.92 Å². The van der Waals surface area contributed by atoms with E-state index < -0.39 is 0 Å². The number of hydrogen-bond acceptors (Lipinski definition) is 12. The Morgan fingerprint density at radius 3 is 0.513 bits per heavy atom. The van der Waals surface area contributed by atoms with Gasteiger partial charge in [-0.25, -0.2) is 0 Å². The second-order valence-electron chi connectivity index (χ2n) is 7.93. The Morgan fingerprint density at radius 1 is 0.205 bits per heavy atom. The summed E-state index contributed by atoms with van der Waals surface area (Å²) in [5, 5.41) is 0. The van der Waals surface area contributed by atoms with Gasteiger partial charge in [-0.05, 0) is 13.3 Å². The van der Waals surface area contributed by atoms with Crippen LogP contribution in [0.3, 0.4) is 0 Å². The fraction of sp³-hybridized carbons (Fsp3) is 1.00. The molecule has 0 bridgehead atoms. The van der Waals surface area contributed by atoms with E-state index in [1.54, 1.807) is 0 Å². The zero-order valence-electron chi connectivity index (χ0n) is 24.6. The lowest BCUT2D eigenvalue weighted by Crippen LogP contribution is -2.15. The molecule has 0 unspecified atom stereocenters. The highest BCUT2D eigenvalue weighted by Crippen LogP contribution is 1.87. The monoisotopic (exact) mass is 572 g/mol. The van der Waals surface area contributed by atoms with Crippen molar-refractivity contribution in [2.75, 3.05) is 159 Å². The molecule has 0 aliphatic heterocycles. The Morgan fingerprint density at radius 2 is 0.359 bits per heavy atom. The van der Waals surface area contributed by atoms with E-state index in [1.165, 1.54) is 0 Å². The van der Waals surface area contributed by atoms with Gasteiger partial charge in [-0.1, -0.05) is 6.92 Å². The van der Waals surface area contributed by atoms with Gasteiger partial charge in [0.2, 0.25) is 0 Å². The molecule has 0 saturated carbocycles. The zero-order chi connectivity index (χ0) is 28.2. The normalized spacial score (nSPS) is 11.5. The van der Waals surface area contributed by atoms with Crippen molar-refractivity contribution in [2.24, 2.45) is 0 Å². The molecule has 0 atom stereocenters. The molecular formula is C27H56O12. The average Bonchev–Trinajstić information content (AvgIpc) is 2.95. The van der Waals surface area contributed by atoms with E-state index >= 15 is 0 Å². The molecule has 0 fully saturated rings. The van der Waals surface area contributed by atoms with E-state index in [-0.39, 0.29) is 0 Å². The van der Waals surface area contributed by atoms with E-state index in [2.05, 4.69) is 6.92 Å². The van der Waals surface area contributed by atoms with Crippen molar-refractivity contribution in [1.82, 2.24) is 0 Å². The van der Waals surface area contributed by atoms with Crippen LogP contribution in [-0.4, -0.2) is 159 Å². The molecule has 0 aromatic rings. The summed E-state index contributed by atoms with van der Waals surface area (Å²) in [4.78, 5) is 0. The molecule has 12 heteroatoms. The van der Waals surface area contributed by atoms with Crippen molar-refractivity contribution in [1.29, 1.82) is 0 Å². The highest BCUT2D eigenvalue weighted by Gasteiger charge is 1.96. The van der Waals surface area contributed by atoms with Crippen molar-refractivity contribution in [3.05, 3.63) is 0 Å². The molecular weight excluding hydrogens is 516 g/mol. The Bertz CT molecular complexity index is 384. The molecule has 0 radical (unpaired) electrons. The molecule has 0 aromatic carbocycles. The molecule has 236 valence electrons. The van der Waals surface area contributed by atoms with Crippen LogP contribution in [0.5, 0.6) is 0 Å². The SMILES string of the molecule is CCCOCCOCCOCCOCCOCCOCCOCCOCCOCCOCCOCCOCC. The Labute approximate surface area is 236 Å². The van der Waals surface area contributed by atoms with E-state index in [0.717, 1.165) is 13.0 Å². The third-order valence-corrected chi connectivity index (χ3v) is 4.64. The minimum Gasteiger partial charge on any atom is -0.379 e. The summed E-state index contributed by atoms with van der Waals surface area (Å²) in [7, 11) is 0. The number of rotatable bonds is 36. The third-order valence-electron chi connectivity index (χ3n) is 4.64. The molecule has 0 heterocycles. The van der Waals surface area contributed by atoms with Gasteiger partial charge in [-0.15, -0.1) is 0 Å². The van der Waals surface area contributed by atoms with Gasteiger partial charge in [0, 0.05) is 13.2 Å². The molecule has 39 heavy (non-hydrogen) atoms. The first kappa shape index (κ1) is 38.5. The van der Waals surface area contributed by atoms with Crippen molar-refractivity contribution >= 4 is 0 Å². The zero-order valence-corrected chi connectivity index (χ0v) is 24.6. The van der Waals surface area contributed by atoms with Crippen molar-refractivity contribution in [3.63, 3.8) is 0 Å². The maximum atomic E-state index is 5.47. The summed E-state index contributed by atoms with van der Waals surface area (Å²) >= 11 is 0. The standard InChI is InChI=1S/C27H56O12/c1-3-5-29-8-9-31-12-13-33-16-17-35-20-21-37-24-25-39-27-26-38-23-22-36-19-18-34-15-14-32-11-10-30-7-6-28-4-2/h3-27H2,1-2H3. The summed E-state index contributed by atoms with van der Waals surface area (Å²) in [5.41, 5.74) is 0. The van der Waals surface area contributed by atoms with Crippen molar-refractivity contribution in [2.45, 2.75) is 20.3 Å². The minimum absolute atomic E-state index is 0.521. The Balaban J connectivity index is 3.01. The maximum Gasteiger partial charge on any atom is 0.0701 e. The van der Waals surface area contributed by atoms with Crippen LogP contribution in [0.2, 0.25) is 0 Å². The van der Waals surface area contributed by atoms with E-state index in [4.69, 9.17) is 56.8 Å². The highest BCUT2D eigenvalue weighted by molar-refractivity contribution is 4.39. The van der Waals surface area contributed by atoms with Crippen LogP contribution in [0.1, 0.15) is 20.3 Å². The van der Waals surface area contributed by atoms with E-state index in [9.17, 15) is 0 Å². The van der Waals surface area contributed by atoms with Crippen LogP contribution in [0.15, 0.2) is 0 Å². The van der Waals surface area contributed by atoms with Gasteiger partial charge in [-0.3, -0.25) is 0 Å². The van der Waals surface area contributed by atoms with Crippen molar-refractivity contribution in [3.8, 4) is 0 Å². The van der Waals surface area contributed by atoms with E-state index in [0.29, 0.717) is 152 Å². The predicted molar refractivity (Wildman–Crippen MR) is 146 cm³/mol. The lowest BCUT2D eigenvalue weighted by molar-refractivity contribution is -0.0282. The topological polar surface area (TPSA) is 111 Å². The largest absolute Gasteiger partial charge is 0.379 e. The Hall–Kier alpha value is -0.480. The van der Waals surface area contributed by atoms with Crippen LogP contribution >= 0.6 is 0 Å². The molecule has 0 amide bonds. The maximum absolute atomic E-state index is 5.47. The summed E-state index contributed by atoms with van der Waals surface area (Å²) in [5.74, 6) is 0. The summed E-state index contributed by atoms with van der Waals surface area (Å²) in [6.45, 7) is 17.6. The van der Waals surface area contributed by atoms with Gasteiger partial charge in [0.15, 0.2) is 0 Å². The number of hydrogen-bond donors (Lipinski definition) is 0. The lowest BCUT2D eigenvalue weighted by Gasteiger charge is -2.09. The lowest BCUT2D eigenvalue weighted by atomic mass is 10.5. The van der Waals surface area contributed by atoms with Gasteiger partial charge < -0.3 is 56.8 Å². The molecule has 0 spiro atoms. The smallest absolute Gasteiger partial charge is 0.0701 e.